The molecule has 0 bridgehead atoms. The van der Waals surface area contributed by atoms with E-state index in [9.17, 15) is 20.1 Å². The Morgan fingerprint density at radius 2 is 0.979 bits per heavy atom. The van der Waals surface area contributed by atoms with Crippen molar-refractivity contribution in [3.63, 3.8) is 0 Å². The van der Waals surface area contributed by atoms with Gasteiger partial charge in [0.15, 0.2) is 0 Å². The lowest BCUT2D eigenvalue weighted by Crippen LogP contribution is -2.50. The topological polar surface area (TPSA) is 89.8 Å². The van der Waals surface area contributed by atoms with Crippen LogP contribution in [0.2, 0.25) is 0 Å². The van der Waals surface area contributed by atoms with Gasteiger partial charge in [-0.25, -0.2) is 0 Å². The van der Waals surface area contributed by atoms with E-state index >= 15 is 0 Å². The second-order valence-electron chi connectivity index (χ2n) is 13.5. The highest BCUT2D eigenvalue weighted by atomic mass is 16.3. The van der Waals surface area contributed by atoms with Gasteiger partial charge in [0, 0.05) is 6.42 Å². The van der Waals surface area contributed by atoms with Crippen LogP contribution in [0, 0.1) is 0 Å². The van der Waals surface area contributed by atoms with E-state index in [0.29, 0.717) is 12.8 Å². The number of amides is 1. The maximum atomic E-state index is 12.4. The summed E-state index contributed by atoms with van der Waals surface area (Å²) in [7, 11) is 0. The highest BCUT2D eigenvalue weighted by Gasteiger charge is 2.26. The Hall–Kier alpha value is -1.69. The van der Waals surface area contributed by atoms with Gasteiger partial charge in [0.2, 0.25) is 5.91 Å². The number of carbonyl (C=O) groups excluding carboxylic acids is 1. The van der Waals surface area contributed by atoms with Crippen molar-refractivity contribution in [3.05, 3.63) is 48.6 Å². The van der Waals surface area contributed by atoms with Crippen LogP contribution in [0.1, 0.15) is 187 Å². The van der Waals surface area contributed by atoms with E-state index in [1.165, 1.54) is 96.3 Å². The van der Waals surface area contributed by atoms with Crippen LogP contribution in [0.25, 0.3) is 0 Å². The van der Waals surface area contributed by atoms with Crippen molar-refractivity contribution in [1.29, 1.82) is 0 Å². The van der Waals surface area contributed by atoms with Crippen LogP contribution < -0.4 is 5.32 Å². The third kappa shape index (κ3) is 32.6. The van der Waals surface area contributed by atoms with Crippen LogP contribution in [0.15, 0.2) is 48.6 Å². The minimum atomic E-state index is -1.17. The van der Waals surface area contributed by atoms with Crippen molar-refractivity contribution in [2.45, 2.75) is 205 Å². The van der Waals surface area contributed by atoms with Crippen molar-refractivity contribution in [2.75, 3.05) is 6.61 Å². The molecular formula is C42H77NO4. The van der Waals surface area contributed by atoms with Gasteiger partial charge >= 0.3 is 0 Å². The highest BCUT2D eigenvalue weighted by molar-refractivity contribution is 5.76. The molecule has 0 saturated carbocycles. The molecule has 47 heavy (non-hydrogen) atoms. The number of aliphatic hydroxyl groups is 3. The quantitative estimate of drug-likeness (QED) is 0.0402. The molecule has 0 spiro atoms. The van der Waals surface area contributed by atoms with Crippen LogP contribution >= 0.6 is 0 Å². The number of unbranched alkanes of at least 4 members (excludes halogenated alkanes) is 19. The zero-order valence-electron chi connectivity index (χ0n) is 30.9. The molecule has 3 unspecified atom stereocenters. The largest absolute Gasteiger partial charge is 0.394 e. The van der Waals surface area contributed by atoms with E-state index in [1.54, 1.807) is 0 Å². The van der Waals surface area contributed by atoms with Gasteiger partial charge in [-0.1, -0.05) is 152 Å². The third-order valence-corrected chi connectivity index (χ3v) is 8.86. The molecule has 0 rings (SSSR count). The lowest BCUT2D eigenvalue weighted by atomic mass is 10.0. The molecule has 0 heterocycles. The fourth-order valence-electron chi connectivity index (χ4n) is 5.74. The van der Waals surface area contributed by atoms with Crippen molar-refractivity contribution in [2.24, 2.45) is 0 Å². The summed E-state index contributed by atoms with van der Waals surface area (Å²) in [4.78, 5) is 12.4. The molecule has 0 aromatic rings. The van der Waals surface area contributed by atoms with Crippen molar-refractivity contribution < 1.29 is 20.1 Å². The Morgan fingerprint density at radius 1 is 0.532 bits per heavy atom. The molecule has 0 aliphatic carbocycles. The Labute approximate surface area is 291 Å². The van der Waals surface area contributed by atoms with Crippen LogP contribution in [-0.4, -0.2) is 46.1 Å². The van der Waals surface area contributed by atoms with Gasteiger partial charge in [0.05, 0.1) is 18.8 Å². The third-order valence-electron chi connectivity index (χ3n) is 8.86. The molecule has 0 aromatic heterocycles. The number of nitrogens with one attached hydrogen (secondary N) is 1. The Morgan fingerprint density at radius 3 is 1.51 bits per heavy atom. The fourth-order valence-corrected chi connectivity index (χ4v) is 5.74. The van der Waals surface area contributed by atoms with Gasteiger partial charge in [-0.15, -0.1) is 0 Å². The highest BCUT2D eigenvalue weighted by Crippen LogP contribution is 2.13. The van der Waals surface area contributed by atoms with Crippen LogP contribution in [0.5, 0.6) is 0 Å². The molecule has 3 atom stereocenters. The summed E-state index contributed by atoms with van der Waals surface area (Å²) in [5.41, 5.74) is 0. The summed E-state index contributed by atoms with van der Waals surface area (Å²) in [5, 5.41) is 33.2. The summed E-state index contributed by atoms with van der Waals surface area (Å²) in [6, 6.07) is -0.836. The van der Waals surface area contributed by atoms with Crippen molar-refractivity contribution >= 4 is 5.91 Å². The normalized spacial score (nSPS) is 14.2. The maximum absolute atomic E-state index is 12.4. The molecule has 0 aliphatic heterocycles. The standard InChI is InChI=1S/C42H77NO4/c1-3-5-7-9-11-13-15-16-17-18-19-20-21-22-23-24-25-26-27-29-31-33-35-37-41(46)43-39(38-44)42(47)40(45)36-34-32-30-28-14-12-10-8-6-4-2/h8,10,19-20,22-23,28,30,39-40,42,44-45,47H,3-7,9,11-18,21,24-27,29,31-38H2,1-2H3,(H,43,46)/b10-8+,20-19-,23-22-,30-28+. The van der Waals surface area contributed by atoms with E-state index < -0.39 is 18.2 Å². The molecule has 5 heteroatoms. The Kier molecular flexibility index (Phi) is 35.8. The minimum absolute atomic E-state index is 0.170. The van der Waals surface area contributed by atoms with Crippen molar-refractivity contribution in [3.8, 4) is 0 Å². The minimum Gasteiger partial charge on any atom is -0.394 e. The van der Waals surface area contributed by atoms with Crippen LogP contribution in [-0.2, 0) is 4.79 Å². The van der Waals surface area contributed by atoms with Crippen LogP contribution in [0.4, 0.5) is 0 Å². The lowest BCUT2D eigenvalue weighted by Gasteiger charge is -2.26. The van der Waals surface area contributed by atoms with Gasteiger partial charge in [0.1, 0.15) is 6.10 Å². The van der Waals surface area contributed by atoms with Gasteiger partial charge in [0.25, 0.3) is 0 Å². The molecule has 0 aliphatic rings. The first-order chi connectivity index (χ1) is 23.1. The predicted molar refractivity (Wildman–Crippen MR) is 204 cm³/mol. The summed E-state index contributed by atoms with van der Waals surface area (Å²) in [6.45, 7) is 4.07. The maximum Gasteiger partial charge on any atom is 0.220 e. The van der Waals surface area contributed by atoms with Crippen molar-refractivity contribution in [1.82, 2.24) is 5.32 Å². The van der Waals surface area contributed by atoms with E-state index in [2.05, 4.69) is 67.8 Å². The monoisotopic (exact) mass is 660 g/mol. The smallest absolute Gasteiger partial charge is 0.220 e. The first-order valence-electron chi connectivity index (χ1n) is 19.9. The predicted octanol–water partition coefficient (Wildman–Crippen LogP) is 11.0. The molecule has 0 saturated heterocycles. The number of carbonyl (C=O) groups is 1. The number of hydrogen-bond acceptors (Lipinski definition) is 4. The Balaban J connectivity index is 3.68. The molecule has 274 valence electrons. The zero-order valence-corrected chi connectivity index (χ0v) is 30.9. The number of allylic oxidation sites excluding steroid dienone is 8. The van der Waals surface area contributed by atoms with Gasteiger partial charge < -0.3 is 20.6 Å². The Bertz CT molecular complexity index is 775. The number of rotatable bonds is 35. The summed E-state index contributed by atoms with van der Waals surface area (Å²) in [6.07, 6.45) is 46.5. The van der Waals surface area contributed by atoms with E-state index in [4.69, 9.17) is 0 Å². The zero-order chi connectivity index (χ0) is 34.5. The average Bonchev–Trinajstić information content (AvgIpc) is 3.07. The van der Waals surface area contributed by atoms with E-state index in [1.807, 2.05) is 0 Å². The lowest BCUT2D eigenvalue weighted by molar-refractivity contribution is -0.124. The second kappa shape index (κ2) is 37.1. The molecule has 0 fully saturated rings. The average molecular weight is 660 g/mol. The van der Waals surface area contributed by atoms with Gasteiger partial charge in [-0.3, -0.25) is 4.79 Å². The molecule has 0 radical (unpaired) electrons. The number of hydrogen-bond donors (Lipinski definition) is 4. The first kappa shape index (κ1) is 45.3. The van der Waals surface area contributed by atoms with Crippen LogP contribution in [0.3, 0.4) is 0 Å². The number of aliphatic hydroxyl groups excluding tert-OH is 3. The van der Waals surface area contributed by atoms with Gasteiger partial charge in [-0.2, -0.15) is 0 Å². The van der Waals surface area contributed by atoms with E-state index in [0.717, 1.165) is 64.2 Å². The van der Waals surface area contributed by atoms with E-state index in [-0.39, 0.29) is 12.5 Å². The molecular weight excluding hydrogens is 582 g/mol. The second-order valence-corrected chi connectivity index (χ2v) is 13.5. The molecule has 0 aromatic carbocycles. The van der Waals surface area contributed by atoms with Gasteiger partial charge in [-0.05, 0) is 77.0 Å². The molecule has 4 N–H and O–H groups in total. The molecule has 1 amide bonds. The SMILES string of the molecule is CCC/C=C/CC/C=C/CCCC(O)C(O)C(CO)NC(=O)CCCCCCCCC/C=C\C/C=C\CCCCCCCCCCC. The fraction of sp³-hybridized carbons (Fsp3) is 0.786. The molecule has 5 nitrogen and oxygen atoms in total. The summed E-state index contributed by atoms with van der Waals surface area (Å²) in [5.74, 6) is -0.170. The first-order valence-corrected chi connectivity index (χ1v) is 19.9. The summed E-state index contributed by atoms with van der Waals surface area (Å²) >= 11 is 0. The summed E-state index contributed by atoms with van der Waals surface area (Å²) < 4.78 is 0.